The van der Waals surface area contributed by atoms with Gasteiger partial charge in [0, 0.05) is 18.4 Å². The van der Waals surface area contributed by atoms with Gasteiger partial charge in [-0.25, -0.2) is 9.59 Å². The molecular weight excluding hydrogens is 420 g/mol. The van der Waals surface area contributed by atoms with Gasteiger partial charge in [0.05, 0.1) is 0 Å². The second-order valence-electron chi connectivity index (χ2n) is 8.86. The number of hydrogen-bond acceptors (Lipinski definition) is 4. The highest BCUT2D eigenvalue weighted by Gasteiger charge is 2.35. The van der Waals surface area contributed by atoms with Crippen LogP contribution < -0.4 is 10.6 Å². The van der Waals surface area contributed by atoms with Crippen LogP contribution in [0.2, 0.25) is 0 Å². The van der Waals surface area contributed by atoms with Crippen LogP contribution in [0.5, 0.6) is 0 Å². The van der Waals surface area contributed by atoms with E-state index in [2.05, 4.69) is 34.9 Å². The van der Waals surface area contributed by atoms with E-state index >= 15 is 0 Å². The van der Waals surface area contributed by atoms with Crippen molar-refractivity contribution in [2.24, 2.45) is 5.92 Å². The predicted octanol–water partition coefficient (Wildman–Crippen LogP) is 4.06. The minimum Gasteiger partial charge on any atom is -0.480 e. The minimum absolute atomic E-state index is 0.0313. The molecule has 1 fully saturated rings. The molecule has 2 aliphatic rings. The van der Waals surface area contributed by atoms with Crippen molar-refractivity contribution in [3.05, 3.63) is 59.7 Å². The number of carbonyl (C=O) groups excluding carboxylic acids is 2. The molecule has 2 aromatic rings. The van der Waals surface area contributed by atoms with Gasteiger partial charge in [0.1, 0.15) is 12.6 Å². The van der Waals surface area contributed by atoms with Crippen molar-refractivity contribution in [2.45, 2.75) is 57.0 Å². The monoisotopic (exact) mass is 450 g/mol. The lowest BCUT2D eigenvalue weighted by Gasteiger charge is -2.21. The largest absolute Gasteiger partial charge is 0.480 e. The molecule has 0 radical (unpaired) electrons. The summed E-state index contributed by atoms with van der Waals surface area (Å²) in [4.78, 5) is 36.4. The number of amides is 2. The maximum atomic E-state index is 12.6. The summed E-state index contributed by atoms with van der Waals surface area (Å²) in [5.74, 6) is -1.23. The van der Waals surface area contributed by atoms with Crippen LogP contribution in [0.15, 0.2) is 48.5 Å². The van der Waals surface area contributed by atoms with Crippen molar-refractivity contribution in [1.29, 1.82) is 0 Å². The summed E-state index contributed by atoms with van der Waals surface area (Å²) in [7, 11) is 0. The molecular formula is C26H30N2O5. The van der Waals surface area contributed by atoms with Crippen LogP contribution in [-0.2, 0) is 14.3 Å². The van der Waals surface area contributed by atoms with Crippen molar-refractivity contribution in [3.63, 3.8) is 0 Å². The van der Waals surface area contributed by atoms with E-state index in [1.54, 1.807) is 0 Å². The lowest BCUT2D eigenvalue weighted by molar-refractivity contribution is -0.142. The average molecular weight is 451 g/mol. The molecule has 174 valence electrons. The molecule has 1 saturated carbocycles. The fourth-order valence-electron chi connectivity index (χ4n) is 4.62. The third-order valence-corrected chi connectivity index (χ3v) is 6.45. The maximum absolute atomic E-state index is 12.6. The molecule has 2 aliphatic carbocycles. The molecule has 0 spiro atoms. The second-order valence-corrected chi connectivity index (χ2v) is 8.86. The number of nitrogens with one attached hydrogen (secondary N) is 2. The number of carbonyl (C=O) groups is 3. The Kier molecular flexibility index (Phi) is 6.96. The molecule has 0 aliphatic heterocycles. The van der Waals surface area contributed by atoms with Crippen LogP contribution in [0.25, 0.3) is 11.1 Å². The van der Waals surface area contributed by atoms with Gasteiger partial charge in [-0.1, -0.05) is 61.9 Å². The first-order valence-corrected chi connectivity index (χ1v) is 11.6. The summed E-state index contributed by atoms with van der Waals surface area (Å²) >= 11 is 0. The van der Waals surface area contributed by atoms with E-state index in [0.29, 0.717) is 12.8 Å². The molecule has 33 heavy (non-hydrogen) atoms. The Bertz CT molecular complexity index is 987. The number of rotatable bonds is 10. The van der Waals surface area contributed by atoms with Crippen LogP contribution in [-0.4, -0.2) is 41.8 Å². The summed E-state index contributed by atoms with van der Waals surface area (Å²) < 4.78 is 5.61. The Labute approximate surface area is 193 Å². The Morgan fingerprint density at radius 2 is 1.61 bits per heavy atom. The number of carboxylic acid groups (broad SMARTS) is 1. The van der Waals surface area contributed by atoms with E-state index < -0.39 is 18.1 Å². The van der Waals surface area contributed by atoms with Gasteiger partial charge < -0.3 is 20.5 Å². The van der Waals surface area contributed by atoms with E-state index in [-0.39, 0.29) is 36.8 Å². The Balaban J connectivity index is 1.35. The number of hydrogen-bond donors (Lipinski definition) is 3. The van der Waals surface area contributed by atoms with Crippen molar-refractivity contribution < 1.29 is 24.2 Å². The summed E-state index contributed by atoms with van der Waals surface area (Å²) in [5.41, 5.74) is 4.60. The molecule has 2 aromatic carbocycles. The highest BCUT2D eigenvalue weighted by Crippen LogP contribution is 2.44. The predicted molar refractivity (Wildman–Crippen MR) is 124 cm³/mol. The van der Waals surface area contributed by atoms with Crippen molar-refractivity contribution in [2.75, 3.05) is 6.61 Å². The second kappa shape index (κ2) is 10.1. The molecule has 3 N–H and O–H groups in total. The number of aliphatic carboxylic acids is 1. The number of carboxylic acids is 1. The first-order valence-electron chi connectivity index (χ1n) is 11.6. The van der Waals surface area contributed by atoms with E-state index in [4.69, 9.17) is 4.74 Å². The van der Waals surface area contributed by atoms with Crippen LogP contribution in [0.1, 0.15) is 56.1 Å². The lowest BCUT2D eigenvalue weighted by atomic mass is 9.98. The highest BCUT2D eigenvalue weighted by molar-refractivity contribution is 5.84. The molecule has 4 rings (SSSR count). The van der Waals surface area contributed by atoms with Crippen LogP contribution >= 0.6 is 0 Å². The fraction of sp³-hybridized carbons (Fsp3) is 0.423. The van der Waals surface area contributed by atoms with Crippen molar-refractivity contribution in [3.8, 4) is 11.1 Å². The zero-order chi connectivity index (χ0) is 23.4. The lowest BCUT2D eigenvalue weighted by Crippen LogP contribution is -2.45. The quantitative estimate of drug-likeness (QED) is 0.506. The molecule has 7 heteroatoms. The van der Waals surface area contributed by atoms with Gasteiger partial charge in [-0.2, -0.15) is 0 Å². The minimum atomic E-state index is -1.04. The molecule has 0 bridgehead atoms. The molecule has 0 heterocycles. The van der Waals surface area contributed by atoms with Crippen molar-refractivity contribution in [1.82, 2.24) is 10.6 Å². The van der Waals surface area contributed by atoms with Gasteiger partial charge >= 0.3 is 12.1 Å². The molecule has 2 atom stereocenters. The Hall–Kier alpha value is -3.35. The number of fused-ring (bicyclic) bond motifs is 3. The zero-order valence-electron chi connectivity index (χ0n) is 18.8. The van der Waals surface area contributed by atoms with E-state index in [0.717, 1.165) is 35.1 Å². The Morgan fingerprint density at radius 1 is 1.00 bits per heavy atom. The molecule has 7 nitrogen and oxygen atoms in total. The van der Waals surface area contributed by atoms with E-state index in [9.17, 15) is 19.5 Å². The van der Waals surface area contributed by atoms with Crippen LogP contribution in [0.4, 0.5) is 4.79 Å². The summed E-state index contributed by atoms with van der Waals surface area (Å²) in [6, 6.07) is 15.0. The fourth-order valence-corrected chi connectivity index (χ4v) is 4.62. The van der Waals surface area contributed by atoms with Gasteiger partial charge in [-0.3, -0.25) is 4.79 Å². The molecule has 0 saturated heterocycles. The third-order valence-electron chi connectivity index (χ3n) is 6.45. The summed E-state index contributed by atoms with van der Waals surface area (Å²) in [6.45, 7) is 2.08. The van der Waals surface area contributed by atoms with Crippen LogP contribution in [0.3, 0.4) is 0 Å². The third kappa shape index (κ3) is 5.35. The van der Waals surface area contributed by atoms with E-state index in [1.165, 1.54) is 0 Å². The smallest absolute Gasteiger partial charge is 0.407 e. The zero-order valence-corrected chi connectivity index (χ0v) is 18.8. The maximum Gasteiger partial charge on any atom is 0.407 e. The van der Waals surface area contributed by atoms with Gasteiger partial charge in [-0.15, -0.1) is 0 Å². The number of alkyl carbamates (subject to hydrolysis) is 1. The van der Waals surface area contributed by atoms with Crippen LogP contribution in [0, 0.1) is 5.92 Å². The van der Waals surface area contributed by atoms with Gasteiger partial charge in [0.2, 0.25) is 5.91 Å². The topological polar surface area (TPSA) is 105 Å². The first kappa shape index (κ1) is 22.8. The highest BCUT2D eigenvalue weighted by atomic mass is 16.5. The molecule has 0 aromatic heterocycles. The SMILES string of the molecule is CCC[C@H](NC(=O)CC(NC(=O)OCC1c2ccccc2-c2ccccc21)C1CC1)C(=O)O. The van der Waals surface area contributed by atoms with Crippen molar-refractivity contribution >= 4 is 18.0 Å². The summed E-state index contributed by atoms with van der Waals surface area (Å²) in [6.07, 6.45) is 2.38. The van der Waals surface area contributed by atoms with Gasteiger partial charge in [0.15, 0.2) is 0 Å². The Morgan fingerprint density at radius 3 is 2.15 bits per heavy atom. The normalized spacial score (nSPS) is 16.3. The van der Waals surface area contributed by atoms with E-state index in [1.807, 2.05) is 31.2 Å². The number of benzene rings is 2. The number of ether oxygens (including phenoxy) is 1. The molecule has 2 amide bonds. The van der Waals surface area contributed by atoms with Gasteiger partial charge in [0.25, 0.3) is 0 Å². The standard InChI is InChI=1S/C26H30N2O5/c1-2-7-22(25(30)31)27-24(29)14-23(16-12-13-16)28-26(32)33-15-21-19-10-5-3-8-17(19)18-9-4-6-11-20(18)21/h3-6,8-11,16,21-23H,2,7,12-15H2,1H3,(H,27,29)(H,28,32)(H,30,31)/t22-,23?/m0/s1. The summed E-state index contributed by atoms with van der Waals surface area (Å²) in [5, 5.41) is 14.7. The van der Waals surface area contributed by atoms with Gasteiger partial charge in [-0.05, 0) is 47.4 Å². The average Bonchev–Trinajstić information content (AvgIpc) is 3.60. The molecule has 1 unspecified atom stereocenters. The first-order chi connectivity index (χ1) is 16.0.